The number of aromatic nitrogens is 2. The van der Waals surface area contributed by atoms with Crippen LogP contribution in [0.15, 0.2) is 28.1 Å². The minimum Gasteiger partial charge on any atom is -0.516 e. The Bertz CT molecular complexity index is 635. The number of aliphatic hydroxyl groups is 4. The summed E-state index contributed by atoms with van der Waals surface area (Å²) in [6, 6.07) is 0. The third kappa shape index (κ3) is 2.90. The van der Waals surface area contributed by atoms with Crippen molar-refractivity contribution in [1.29, 1.82) is 0 Å². The van der Waals surface area contributed by atoms with Crippen molar-refractivity contribution in [2.45, 2.75) is 31.0 Å². The second-order valence-electron chi connectivity index (χ2n) is 4.64. The van der Waals surface area contributed by atoms with E-state index in [9.17, 15) is 19.8 Å². The lowest BCUT2D eigenvalue weighted by Gasteiger charge is -2.17. The highest BCUT2D eigenvalue weighted by molar-refractivity contribution is 5.10. The third-order valence-electron chi connectivity index (χ3n) is 3.28. The van der Waals surface area contributed by atoms with Crippen LogP contribution in [-0.2, 0) is 11.2 Å². The summed E-state index contributed by atoms with van der Waals surface area (Å²) in [5, 5.41) is 37.2. The number of hydrogen-bond donors (Lipinski definition) is 5. The lowest BCUT2D eigenvalue weighted by atomic mass is 10.1. The Hall–Kier alpha value is -1.94. The van der Waals surface area contributed by atoms with E-state index in [1.54, 1.807) is 0 Å². The summed E-state index contributed by atoms with van der Waals surface area (Å²) in [4.78, 5) is 25.5. The molecule has 1 fully saturated rings. The zero-order valence-corrected chi connectivity index (χ0v) is 10.9. The molecule has 0 spiro atoms. The van der Waals surface area contributed by atoms with Crippen molar-refractivity contribution >= 4 is 0 Å². The number of ether oxygens (including phenoxy) is 1. The van der Waals surface area contributed by atoms with Crippen LogP contribution in [0, 0.1) is 0 Å². The Morgan fingerprint density at radius 1 is 1.33 bits per heavy atom. The molecule has 1 aromatic heterocycles. The second kappa shape index (κ2) is 6.22. The summed E-state index contributed by atoms with van der Waals surface area (Å²) in [6.45, 7) is -0.521. The highest BCUT2D eigenvalue weighted by atomic mass is 16.6. The Morgan fingerprint density at radius 3 is 2.62 bits per heavy atom. The van der Waals surface area contributed by atoms with Crippen LogP contribution in [0.4, 0.5) is 0 Å². The smallest absolute Gasteiger partial charge is 0.330 e. The molecule has 116 valence electrons. The second-order valence-corrected chi connectivity index (χ2v) is 4.64. The zero-order chi connectivity index (χ0) is 15.6. The van der Waals surface area contributed by atoms with Crippen LogP contribution in [0.3, 0.4) is 0 Å². The van der Waals surface area contributed by atoms with Gasteiger partial charge in [-0.3, -0.25) is 14.3 Å². The molecule has 0 bridgehead atoms. The molecule has 21 heavy (non-hydrogen) atoms. The number of nitrogens with one attached hydrogen (secondary N) is 1. The maximum absolute atomic E-state index is 11.8. The molecular weight excluding hydrogens is 284 g/mol. The number of aromatic amines is 1. The summed E-state index contributed by atoms with van der Waals surface area (Å²) in [5.41, 5.74) is -1.27. The lowest BCUT2D eigenvalue weighted by Crippen LogP contribution is -2.38. The van der Waals surface area contributed by atoms with Gasteiger partial charge in [0, 0.05) is 18.2 Å². The highest BCUT2D eigenvalue weighted by Crippen LogP contribution is 2.27. The van der Waals surface area contributed by atoms with E-state index in [4.69, 9.17) is 14.9 Å². The molecule has 0 saturated carbocycles. The number of nitrogens with zero attached hydrogens (tertiary/aromatic N) is 1. The van der Waals surface area contributed by atoms with E-state index in [-0.39, 0.29) is 12.0 Å². The molecule has 0 radical (unpaired) electrons. The van der Waals surface area contributed by atoms with E-state index in [0.717, 1.165) is 10.8 Å². The van der Waals surface area contributed by atoms with Crippen LogP contribution in [0.2, 0.25) is 0 Å². The Morgan fingerprint density at radius 2 is 2.05 bits per heavy atom. The summed E-state index contributed by atoms with van der Waals surface area (Å²) in [6.07, 6.45) is -1.70. The summed E-state index contributed by atoms with van der Waals surface area (Å²) in [7, 11) is 0. The standard InChI is InChI=1S/C12H16N2O7/c15-3-1-2-6-4-14(12(20)13-10(6)19)11-9(18)8(17)7(5-16)21-11/h1,3-4,7-9,11,15-18H,2,5H2,(H,13,19,20)/t7-,8-,9-,11-/m1/s1. The van der Waals surface area contributed by atoms with Crippen molar-refractivity contribution in [3.63, 3.8) is 0 Å². The van der Waals surface area contributed by atoms with Crippen molar-refractivity contribution < 1.29 is 25.2 Å². The third-order valence-corrected chi connectivity index (χ3v) is 3.28. The predicted molar refractivity (Wildman–Crippen MR) is 69.8 cm³/mol. The highest BCUT2D eigenvalue weighted by Gasteiger charge is 2.43. The number of rotatable bonds is 4. The first kappa shape index (κ1) is 15.4. The van der Waals surface area contributed by atoms with Gasteiger partial charge >= 0.3 is 5.69 Å². The van der Waals surface area contributed by atoms with E-state index in [0.29, 0.717) is 0 Å². The first-order chi connectivity index (χ1) is 9.99. The minimum atomic E-state index is -1.42. The minimum absolute atomic E-state index is 0.0703. The van der Waals surface area contributed by atoms with E-state index in [1.165, 1.54) is 12.3 Å². The number of H-pyrrole nitrogens is 1. The maximum atomic E-state index is 11.8. The van der Waals surface area contributed by atoms with Gasteiger partial charge in [-0.25, -0.2) is 4.79 Å². The van der Waals surface area contributed by atoms with Crippen molar-refractivity contribution in [3.05, 3.63) is 44.9 Å². The molecule has 4 atom stereocenters. The fourth-order valence-corrected chi connectivity index (χ4v) is 2.15. The SMILES string of the molecule is O=c1[nH]c(=O)n([C@@H]2O[C@H](CO)[C@@H](O)[C@H]2O)cc1CC=CO. The lowest BCUT2D eigenvalue weighted by molar-refractivity contribution is -0.0551. The number of allylic oxidation sites excluding steroid dienone is 1. The maximum Gasteiger partial charge on any atom is 0.330 e. The molecule has 1 aromatic rings. The van der Waals surface area contributed by atoms with Gasteiger partial charge in [0.05, 0.1) is 12.9 Å². The van der Waals surface area contributed by atoms with Gasteiger partial charge < -0.3 is 25.2 Å². The summed E-state index contributed by atoms with van der Waals surface area (Å²) in [5.74, 6) is 0. The molecule has 1 saturated heterocycles. The Balaban J connectivity index is 2.40. The molecule has 0 aromatic carbocycles. The molecule has 0 unspecified atom stereocenters. The Labute approximate surface area is 118 Å². The van der Waals surface area contributed by atoms with Crippen molar-refractivity contribution in [1.82, 2.24) is 9.55 Å². The average molecular weight is 300 g/mol. The summed E-state index contributed by atoms with van der Waals surface area (Å²) < 4.78 is 6.16. The summed E-state index contributed by atoms with van der Waals surface area (Å²) >= 11 is 0. The topological polar surface area (TPSA) is 145 Å². The molecule has 1 aliphatic rings. The molecule has 2 rings (SSSR count). The number of hydrogen-bond acceptors (Lipinski definition) is 7. The molecule has 9 nitrogen and oxygen atoms in total. The molecule has 0 aliphatic carbocycles. The van der Waals surface area contributed by atoms with Gasteiger partial charge in [-0.05, 0) is 6.08 Å². The first-order valence-electron chi connectivity index (χ1n) is 6.25. The fraction of sp³-hybridized carbons (Fsp3) is 0.500. The van der Waals surface area contributed by atoms with Gasteiger partial charge in [0.1, 0.15) is 18.3 Å². The molecule has 0 amide bonds. The number of aliphatic hydroxyl groups excluding tert-OH is 4. The normalized spacial score (nSPS) is 29.3. The fourth-order valence-electron chi connectivity index (χ4n) is 2.15. The monoisotopic (exact) mass is 300 g/mol. The van der Waals surface area contributed by atoms with E-state index < -0.39 is 42.4 Å². The van der Waals surface area contributed by atoms with Gasteiger partial charge in [-0.15, -0.1) is 0 Å². The van der Waals surface area contributed by atoms with Crippen molar-refractivity contribution in [2.24, 2.45) is 0 Å². The van der Waals surface area contributed by atoms with Gasteiger partial charge in [0.25, 0.3) is 5.56 Å². The predicted octanol–water partition coefficient (Wildman–Crippen LogP) is -2.24. The van der Waals surface area contributed by atoms with Crippen LogP contribution in [-0.4, -0.2) is 54.9 Å². The van der Waals surface area contributed by atoms with E-state index >= 15 is 0 Å². The molecule has 5 N–H and O–H groups in total. The van der Waals surface area contributed by atoms with Gasteiger partial charge in [0.15, 0.2) is 6.23 Å². The van der Waals surface area contributed by atoms with Crippen molar-refractivity contribution in [2.75, 3.05) is 6.61 Å². The molecule has 9 heteroatoms. The van der Waals surface area contributed by atoms with Gasteiger partial charge in [0.2, 0.25) is 0 Å². The average Bonchev–Trinajstić information content (AvgIpc) is 2.74. The van der Waals surface area contributed by atoms with E-state index in [2.05, 4.69) is 4.98 Å². The van der Waals surface area contributed by atoms with Gasteiger partial charge in [-0.2, -0.15) is 0 Å². The zero-order valence-electron chi connectivity index (χ0n) is 10.9. The quantitative estimate of drug-likeness (QED) is 0.395. The molecule has 1 aliphatic heterocycles. The van der Waals surface area contributed by atoms with Crippen LogP contribution in [0.5, 0.6) is 0 Å². The van der Waals surface area contributed by atoms with Crippen LogP contribution in [0.1, 0.15) is 11.8 Å². The molecule has 2 heterocycles. The van der Waals surface area contributed by atoms with Crippen LogP contribution >= 0.6 is 0 Å². The first-order valence-corrected chi connectivity index (χ1v) is 6.25. The molecular formula is C12H16N2O7. The largest absolute Gasteiger partial charge is 0.516 e. The van der Waals surface area contributed by atoms with Crippen LogP contribution in [0.25, 0.3) is 0 Å². The Kier molecular flexibility index (Phi) is 4.58. The van der Waals surface area contributed by atoms with Gasteiger partial charge in [-0.1, -0.05) is 0 Å². The van der Waals surface area contributed by atoms with E-state index in [1.807, 2.05) is 0 Å². The van der Waals surface area contributed by atoms with Crippen molar-refractivity contribution in [3.8, 4) is 0 Å². The van der Waals surface area contributed by atoms with Crippen LogP contribution < -0.4 is 11.2 Å².